The Bertz CT molecular complexity index is 1850. The van der Waals surface area contributed by atoms with Gasteiger partial charge in [0.1, 0.15) is 12.3 Å². The monoisotopic (exact) mass is 846 g/mol. The van der Waals surface area contributed by atoms with Crippen LogP contribution in [0.3, 0.4) is 0 Å². The third-order valence-corrected chi connectivity index (χ3v) is 15.0. The molecule has 28 nitrogen and oxygen atoms in total. The molecule has 2 aromatic heterocycles. The van der Waals surface area contributed by atoms with E-state index in [1.165, 1.54) is 4.57 Å². The first-order chi connectivity index (χ1) is 22.8. The minimum atomic E-state index is -6.44. The highest BCUT2D eigenvalue weighted by Gasteiger charge is 2.50. The number of phosphoric acid groups is 6. The van der Waals surface area contributed by atoms with Crippen LogP contribution < -0.4 is 17.0 Å². The van der Waals surface area contributed by atoms with E-state index in [9.17, 15) is 66.7 Å². The number of nitrogen functional groups attached to an aromatic ring is 1. The van der Waals surface area contributed by atoms with Gasteiger partial charge in [-0.25, -0.2) is 32.4 Å². The lowest BCUT2D eigenvalue weighted by Crippen LogP contribution is -2.26. The smallest absolute Gasteiger partial charge is 0.390 e. The van der Waals surface area contributed by atoms with Crippen LogP contribution in [0.1, 0.15) is 38.3 Å². The molecular formula is C16H32N6O22P6. The van der Waals surface area contributed by atoms with E-state index in [1.807, 2.05) is 0 Å². The molecule has 1 aliphatic rings. The molecule has 9 atom stereocenters. The van der Waals surface area contributed by atoms with E-state index in [0.29, 0.717) is 25.8 Å². The van der Waals surface area contributed by atoms with E-state index in [2.05, 4.69) is 45.6 Å². The summed E-state index contributed by atoms with van der Waals surface area (Å²) in [5.41, 5.74) is 9.95. The van der Waals surface area contributed by atoms with Gasteiger partial charge in [0.2, 0.25) is 5.95 Å². The standard InChI is InChI=1S/C16H32N6O22P6/c17-5-3-1-2-4-6-37-45(25,26)40-47(29,30)42-49(33,34)44-50(35,36)43-48(31,32)41-46(27,28)38-8-11-10(23)7-12(39-11)22-9-19-13-14(22)20-16(18)21-15(13)24/h9-12,23H,1-8,17H2,(H,25,26)(H,27,28)(H,29,30)(H,31,32)(H,33,34)(H,35,36)(H3,18,20,21,24)/t10-,11+,12+/m0/s1. The molecule has 3 heterocycles. The van der Waals surface area contributed by atoms with Crippen molar-refractivity contribution in [1.29, 1.82) is 0 Å². The molecule has 34 heteroatoms. The number of unbranched alkanes of at least 4 members (excludes halogenated alkanes) is 3. The lowest BCUT2D eigenvalue weighted by molar-refractivity contribution is -0.0423. The van der Waals surface area contributed by atoms with Gasteiger partial charge in [-0.2, -0.15) is 26.5 Å². The van der Waals surface area contributed by atoms with Crippen molar-refractivity contribution in [3.8, 4) is 0 Å². The van der Waals surface area contributed by atoms with Gasteiger partial charge in [0.05, 0.1) is 25.6 Å². The van der Waals surface area contributed by atoms with E-state index in [4.69, 9.17) is 16.2 Å². The molecule has 0 aliphatic carbocycles. The molecule has 0 radical (unpaired) electrons. The second kappa shape index (κ2) is 16.9. The normalized spacial score (nSPS) is 25.6. The average Bonchev–Trinajstić information content (AvgIpc) is 3.49. The SMILES string of the molecule is NCCCCCCOP(=O)(O)OP(=O)(O)OP(=O)(O)OP(=O)(O)OP(=O)(O)OP(=O)(O)OC[C@H]1O[C@@H](n2cnc3c(=O)[nH]c(N)nc32)C[C@@H]1O. The number of imidazole rings is 1. The van der Waals surface area contributed by atoms with Gasteiger partial charge in [0.25, 0.3) is 5.56 Å². The van der Waals surface area contributed by atoms with Crippen molar-refractivity contribution in [1.82, 2.24) is 19.5 Å². The average molecular weight is 846 g/mol. The summed E-state index contributed by atoms with van der Waals surface area (Å²) in [6, 6.07) is 0. The Morgan fingerprint density at radius 3 is 1.86 bits per heavy atom. The zero-order chi connectivity index (χ0) is 37.8. The van der Waals surface area contributed by atoms with Crippen molar-refractivity contribution in [3.63, 3.8) is 0 Å². The maximum absolute atomic E-state index is 12.3. The molecular weight excluding hydrogens is 814 g/mol. The van der Waals surface area contributed by atoms with E-state index >= 15 is 0 Å². The van der Waals surface area contributed by atoms with E-state index in [-0.39, 0.29) is 30.0 Å². The Morgan fingerprint density at radius 1 is 0.820 bits per heavy atom. The minimum absolute atomic E-state index is 0.0509. The number of aliphatic hydroxyl groups is 1. The largest absolute Gasteiger partial charge is 0.490 e. The van der Waals surface area contributed by atoms with Gasteiger partial charge in [-0.1, -0.05) is 12.8 Å². The lowest BCUT2D eigenvalue weighted by Gasteiger charge is -2.21. The summed E-state index contributed by atoms with van der Waals surface area (Å²) in [4.78, 5) is 79.8. The molecule has 0 aromatic carbocycles. The number of hydrogen-bond acceptors (Lipinski definition) is 20. The van der Waals surface area contributed by atoms with Crippen molar-refractivity contribution in [2.75, 3.05) is 25.5 Å². The molecule has 1 saturated heterocycles. The van der Waals surface area contributed by atoms with Crippen LogP contribution >= 0.6 is 46.9 Å². The maximum Gasteiger partial charge on any atom is 0.490 e. The summed E-state index contributed by atoms with van der Waals surface area (Å²) in [5, 5.41) is 10.3. The summed E-state index contributed by atoms with van der Waals surface area (Å²) in [5.74, 6) is -0.272. The second-order valence-electron chi connectivity index (χ2n) is 9.76. The molecule has 50 heavy (non-hydrogen) atoms. The zero-order valence-electron chi connectivity index (χ0n) is 24.9. The van der Waals surface area contributed by atoms with Crippen molar-refractivity contribution in [2.45, 2.75) is 50.5 Å². The van der Waals surface area contributed by atoms with Gasteiger partial charge in [-0.3, -0.25) is 23.4 Å². The molecule has 12 N–H and O–H groups in total. The van der Waals surface area contributed by atoms with Crippen LogP contribution in [-0.4, -0.2) is 86.0 Å². The van der Waals surface area contributed by atoms with Crippen LogP contribution in [0.2, 0.25) is 0 Å². The van der Waals surface area contributed by atoms with Gasteiger partial charge >= 0.3 is 46.9 Å². The Balaban J connectivity index is 1.53. The zero-order valence-corrected chi connectivity index (χ0v) is 30.3. The molecule has 0 spiro atoms. The first-order valence-corrected chi connectivity index (χ1v) is 22.4. The number of ether oxygens (including phenoxy) is 1. The van der Waals surface area contributed by atoms with Crippen LogP contribution in [-0.2, 0) is 62.7 Å². The minimum Gasteiger partial charge on any atom is -0.390 e. The van der Waals surface area contributed by atoms with Gasteiger partial charge in [0, 0.05) is 6.42 Å². The van der Waals surface area contributed by atoms with E-state index < -0.39 is 84.1 Å². The number of nitrogens with one attached hydrogen (secondary N) is 1. The quantitative estimate of drug-likeness (QED) is 0.0607. The van der Waals surface area contributed by atoms with Gasteiger partial charge in [-0.15, -0.1) is 0 Å². The highest BCUT2D eigenvalue weighted by Crippen LogP contribution is 2.75. The molecule has 2 aromatic rings. The van der Waals surface area contributed by atoms with Crippen LogP contribution in [0.4, 0.5) is 5.95 Å². The predicted octanol–water partition coefficient (Wildman–Crippen LogP) is 0.588. The first kappa shape index (κ1) is 43.3. The Hall–Kier alpha value is -1.11. The Kier molecular flexibility index (Phi) is 14.6. The van der Waals surface area contributed by atoms with Crippen LogP contribution in [0.25, 0.3) is 11.2 Å². The van der Waals surface area contributed by atoms with Gasteiger partial charge < -0.3 is 50.7 Å². The summed E-state index contributed by atoms with van der Waals surface area (Å²) in [7, 11) is -36.5. The van der Waals surface area contributed by atoms with Crippen LogP contribution in [0, 0.1) is 0 Å². The summed E-state index contributed by atoms with van der Waals surface area (Å²) in [6.07, 6.45) is -1.22. The summed E-state index contributed by atoms with van der Waals surface area (Å²) >= 11 is 0. The van der Waals surface area contributed by atoms with Crippen LogP contribution in [0.5, 0.6) is 0 Å². The summed E-state index contributed by atoms with van der Waals surface area (Å²) in [6.45, 7) is -1.16. The number of nitrogens with zero attached hydrogens (tertiary/aromatic N) is 3. The fourth-order valence-corrected chi connectivity index (χ4v) is 11.7. The highest BCUT2D eigenvalue weighted by molar-refractivity contribution is 7.72. The number of nitrogens with two attached hydrogens (primary N) is 2. The molecule has 6 unspecified atom stereocenters. The molecule has 3 rings (SSSR count). The molecule has 0 amide bonds. The second-order valence-corrected chi connectivity index (χ2v) is 19.2. The van der Waals surface area contributed by atoms with E-state index in [1.54, 1.807) is 0 Å². The number of aromatic amines is 1. The predicted molar refractivity (Wildman–Crippen MR) is 161 cm³/mol. The Morgan fingerprint density at radius 2 is 1.32 bits per heavy atom. The number of hydrogen-bond donors (Lipinski definition) is 10. The Labute approximate surface area is 279 Å². The summed E-state index contributed by atoms with van der Waals surface area (Å²) < 4.78 is 106. The molecule has 288 valence electrons. The van der Waals surface area contributed by atoms with Crippen molar-refractivity contribution >= 4 is 64.0 Å². The van der Waals surface area contributed by atoms with Gasteiger partial charge in [0.15, 0.2) is 11.2 Å². The number of H-pyrrole nitrogens is 1. The fraction of sp³-hybridized carbons (Fsp3) is 0.688. The number of anilines is 1. The molecule has 0 saturated carbocycles. The highest BCUT2D eigenvalue weighted by atomic mass is 31.3. The number of aromatic nitrogens is 4. The molecule has 1 fully saturated rings. The van der Waals surface area contributed by atoms with Crippen molar-refractivity contribution < 1.29 is 97.2 Å². The number of rotatable bonds is 21. The lowest BCUT2D eigenvalue weighted by atomic mass is 10.2. The molecule has 0 bridgehead atoms. The van der Waals surface area contributed by atoms with Crippen molar-refractivity contribution in [3.05, 3.63) is 16.7 Å². The maximum atomic E-state index is 12.3. The van der Waals surface area contributed by atoms with Crippen LogP contribution in [0.15, 0.2) is 11.1 Å². The third kappa shape index (κ3) is 13.7. The molecule has 1 aliphatic heterocycles. The van der Waals surface area contributed by atoms with E-state index in [0.717, 1.165) is 6.33 Å². The third-order valence-electron chi connectivity index (χ3n) is 5.75. The van der Waals surface area contributed by atoms with Gasteiger partial charge in [-0.05, 0) is 19.4 Å². The number of fused-ring (bicyclic) bond motifs is 1. The fourth-order valence-electron chi connectivity index (χ4n) is 3.90. The van der Waals surface area contributed by atoms with Crippen molar-refractivity contribution in [2.24, 2.45) is 5.73 Å². The number of phosphoric ester groups is 2. The topological polar surface area (TPSA) is 433 Å². The number of aliphatic hydroxyl groups excluding tert-OH is 1. The first-order valence-electron chi connectivity index (χ1n) is 13.4.